The van der Waals surface area contributed by atoms with Crippen molar-refractivity contribution < 1.29 is 14.3 Å². The molecule has 1 saturated heterocycles. The van der Waals surface area contributed by atoms with Gasteiger partial charge in [0.2, 0.25) is 5.91 Å². The smallest absolute Gasteiger partial charge is 0.406 e. The van der Waals surface area contributed by atoms with Gasteiger partial charge in [-0.05, 0) is 25.1 Å². The third-order valence-electron chi connectivity index (χ3n) is 5.36. The molecule has 1 aliphatic heterocycles. The van der Waals surface area contributed by atoms with Gasteiger partial charge in [-0.1, -0.05) is 11.6 Å². The number of benzene rings is 1. The van der Waals surface area contributed by atoms with Crippen molar-refractivity contribution >= 4 is 45.7 Å². The summed E-state index contributed by atoms with van der Waals surface area (Å²) in [5, 5.41) is 17.1. The van der Waals surface area contributed by atoms with Crippen LogP contribution in [0, 0.1) is 17.2 Å². The Morgan fingerprint density at radius 1 is 1.36 bits per heavy atom. The fraction of sp³-hybridized carbons (Fsp3) is 0.238. The second-order valence-electron chi connectivity index (χ2n) is 7.66. The number of aromatic nitrogens is 5. The average Bonchev–Trinajstić information content (AvgIpc) is 3.36. The molecule has 1 aliphatic rings. The molecule has 0 saturated carbocycles. The standard InChI is InChI=1S/C21H17ClN8O3/c1-11(20(31)29-9-12(5-23)10-29)27-21(32)33-16-7-24-19-18(16)28-17(8-25-19)30-15-3-2-14(22)4-13(15)6-26-30/h2-4,6-8,11-12H,9-10H2,1H3,(H,24,25)(H,27,32)/t11-/m1/s1. The first-order chi connectivity index (χ1) is 15.9. The maximum atomic E-state index is 12.4. The molecule has 33 heavy (non-hydrogen) atoms. The van der Waals surface area contributed by atoms with Crippen LogP contribution in [0.1, 0.15) is 6.92 Å². The van der Waals surface area contributed by atoms with Crippen molar-refractivity contribution in [2.45, 2.75) is 13.0 Å². The summed E-state index contributed by atoms with van der Waals surface area (Å²) in [5.41, 5.74) is 1.55. The summed E-state index contributed by atoms with van der Waals surface area (Å²) in [6, 6.07) is 6.69. The van der Waals surface area contributed by atoms with Crippen LogP contribution in [0.4, 0.5) is 4.79 Å². The van der Waals surface area contributed by atoms with Gasteiger partial charge in [0, 0.05) is 29.7 Å². The molecule has 1 atom stereocenters. The number of aromatic amines is 1. The molecule has 11 nitrogen and oxygen atoms in total. The zero-order valence-electron chi connectivity index (χ0n) is 17.3. The van der Waals surface area contributed by atoms with E-state index < -0.39 is 12.1 Å². The minimum atomic E-state index is -0.805. The second kappa shape index (κ2) is 8.07. The Bertz CT molecular complexity index is 1430. The van der Waals surface area contributed by atoms with E-state index in [2.05, 4.69) is 31.4 Å². The van der Waals surface area contributed by atoms with E-state index in [0.29, 0.717) is 35.1 Å². The number of likely N-dealkylation sites (tertiary alicyclic amines) is 1. The maximum absolute atomic E-state index is 12.4. The molecule has 4 heterocycles. The fourth-order valence-electron chi connectivity index (χ4n) is 3.61. The van der Waals surface area contributed by atoms with Crippen molar-refractivity contribution in [3.05, 3.63) is 41.8 Å². The molecule has 5 rings (SSSR count). The molecule has 2 amide bonds. The number of hydrogen-bond acceptors (Lipinski definition) is 7. The monoisotopic (exact) mass is 464 g/mol. The van der Waals surface area contributed by atoms with Gasteiger partial charge in [0.05, 0.1) is 29.9 Å². The van der Waals surface area contributed by atoms with Crippen LogP contribution in [0.3, 0.4) is 0 Å². The van der Waals surface area contributed by atoms with E-state index in [9.17, 15) is 9.59 Å². The highest BCUT2D eigenvalue weighted by Gasteiger charge is 2.33. The van der Waals surface area contributed by atoms with Gasteiger partial charge in [-0.25, -0.2) is 19.4 Å². The Morgan fingerprint density at radius 3 is 2.97 bits per heavy atom. The first-order valence-corrected chi connectivity index (χ1v) is 10.5. The average molecular weight is 465 g/mol. The quantitative estimate of drug-likeness (QED) is 0.472. The number of carbonyl (C=O) groups is 2. The summed E-state index contributed by atoms with van der Waals surface area (Å²) in [6.45, 7) is 2.29. The van der Waals surface area contributed by atoms with Crippen LogP contribution < -0.4 is 10.1 Å². The van der Waals surface area contributed by atoms with E-state index in [1.807, 2.05) is 6.07 Å². The zero-order chi connectivity index (χ0) is 23.1. The summed E-state index contributed by atoms with van der Waals surface area (Å²) < 4.78 is 6.99. The molecule has 3 aromatic heterocycles. The molecule has 12 heteroatoms. The van der Waals surface area contributed by atoms with Crippen molar-refractivity contribution in [1.29, 1.82) is 5.26 Å². The Labute approximate surface area is 191 Å². The lowest BCUT2D eigenvalue weighted by Crippen LogP contribution is -2.56. The molecule has 0 unspecified atom stereocenters. The lowest BCUT2D eigenvalue weighted by atomic mass is 10.0. The molecule has 0 spiro atoms. The summed E-state index contributed by atoms with van der Waals surface area (Å²) in [7, 11) is 0. The predicted molar refractivity (Wildman–Crippen MR) is 118 cm³/mol. The SMILES string of the molecule is C[C@@H](NC(=O)Oc1c[nH]c2ncc(-n3ncc4cc(Cl)ccc43)nc12)C(=O)N1CC(C#N)C1. The highest BCUT2D eigenvalue weighted by atomic mass is 35.5. The van der Waals surface area contributed by atoms with Gasteiger partial charge < -0.3 is 19.9 Å². The minimum Gasteiger partial charge on any atom is -0.406 e. The molecular weight excluding hydrogens is 448 g/mol. The number of nitrogens with zero attached hydrogens (tertiary/aromatic N) is 6. The number of nitrogens with one attached hydrogen (secondary N) is 2. The summed E-state index contributed by atoms with van der Waals surface area (Å²) in [5.74, 6) is 0.156. The third kappa shape index (κ3) is 3.81. The Morgan fingerprint density at radius 2 is 2.18 bits per heavy atom. The molecule has 0 bridgehead atoms. The first kappa shape index (κ1) is 20.7. The molecule has 166 valence electrons. The second-order valence-corrected chi connectivity index (χ2v) is 8.10. The van der Waals surface area contributed by atoms with E-state index in [-0.39, 0.29) is 17.6 Å². The van der Waals surface area contributed by atoms with E-state index in [1.54, 1.807) is 36.1 Å². The number of ether oxygens (including phenoxy) is 1. The minimum absolute atomic E-state index is 0.156. The number of hydrogen-bond donors (Lipinski definition) is 2. The number of carbonyl (C=O) groups excluding carboxylic acids is 2. The van der Waals surface area contributed by atoms with Crippen LogP contribution in [-0.4, -0.2) is 60.8 Å². The van der Waals surface area contributed by atoms with Crippen molar-refractivity contribution in [3.8, 4) is 17.6 Å². The van der Waals surface area contributed by atoms with Gasteiger partial charge in [-0.15, -0.1) is 0 Å². The van der Waals surface area contributed by atoms with Crippen molar-refractivity contribution in [2.24, 2.45) is 5.92 Å². The zero-order valence-corrected chi connectivity index (χ0v) is 18.1. The number of rotatable bonds is 4. The van der Waals surface area contributed by atoms with E-state index >= 15 is 0 Å². The van der Waals surface area contributed by atoms with Gasteiger partial charge in [0.1, 0.15) is 6.04 Å². The maximum Gasteiger partial charge on any atom is 0.413 e. The van der Waals surface area contributed by atoms with Crippen LogP contribution in [0.15, 0.2) is 36.8 Å². The van der Waals surface area contributed by atoms with Crippen molar-refractivity contribution in [2.75, 3.05) is 13.1 Å². The molecule has 1 aromatic carbocycles. The first-order valence-electron chi connectivity index (χ1n) is 10.1. The van der Waals surface area contributed by atoms with Crippen LogP contribution in [0.2, 0.25) is 5.02 Å². The van der Waals surface area contributed by atoms with E-state index in [4.69, 9.17) is 21.6 Å². The molecular formula is C21H17ClN8O3. The number of fused-ring (bicyclic) bond motifs is 2. The van der Waals surface area contributed by atoms with Crippen LogP contribution >= 0.6 is 11.6 Å². The van der Waals surface area contributed by atoms with E-state index in [0.717, 1.165) is 10.9 Å². The normalized spacial score (nSPS) is 14.6. The molecule has 0 radical (unpaired) electrons. The number of nitriles is 1. The Kier molecular flexibility index (Phi) is 5.07. The molecule has 0 aliphatic carbocycles. The molecule has 4 aromatic rings. The van der Waals surface area contributed by atoms with Crippen LogP contribution in [-0.2, 0) is 4.79 Å². The summed E-state index contributed by atoms with van der Waals surface area (Å²) in [6.07, 6.45) is 3.88. The van der Waals surface area contributed by atoms with Crippen LogP contribution in [0.25, 0.3) is 27.9 Å². The highest BCUT2D eigenvalue weighted by molar-refractivity contribution is 6.31. The lowest BCUT2D eigenvalue weighted by Gasteiger charge is -2.36. The van der Waals surface area contributed by atoms with Gasteiger partial charge in [-0.3, -0.25) is 4.79 Å². The largest absolute Gasteiger partial charge is 0.413 e. The predicted octanol–water partition coefficient (Wildman–Crippen LogP) is 2.41. The number of amides is 2. The van der Waals surface area contributed by atoms with Crippen molar-refractivity contribution in [1.82, 2.24) is 34.9 Å². The molecule has 2 N–H and O–H groups in total. The Hall–Kier alpha value is -4.17. The van der Waals surface area contributed by atoms with Gasteiger partial charge >= 0.3 is 6.09 Å². The van der Waals surface area contributed by atoms with E-state index in [1.165, 1.54) is 11.1 Å². The Balaban J connectivity index is 1.33. The fourth-order valence-corrected chi connectivity index (χ4v) is 3.79. The summed E-state index contributed by atoms with van der Waals surface area (Å²) >= 11 is 6.04. The number of halogens is 1. The third-order valence-corrected chi connectivity index (χ3v) is 5.60. The topological polar surface area (TPSA) is 142 Å². The highest BCUT2D eigenvalue weighted by Crippen LogP contribution is 2.25. The van der Waals surface area contributed by atoms with Crippen molar-refractivity contribution in [3.63, 3.8) is 0 Å². The summed E-state index contributed by atoms with van der Waals surface area (Å²) in [4.78, 5) is 38.0. The van der Waals surface area contributed by atoms with Gasteiger partial charge in [-0.2, -0.15) is 10.4 Å². The molecule has 1 fully saturated rings. The lowest BCUT2D eigenvalue weighted by molar-refractivity contribution is -0.137. The van der Waals surface area contributed by atoms with Crippen LogP contribution in [0.5, 0.6) is 5.75 Å². The van der Waals surface area contributed by atoms with Gasteiger partial charge in [0.15, 0.2) is 22.7 Å². The van der Waals surface area contributed by atoms with Gasteiger partial charge in [0.25, 0.3) is 0 Å². The number of H-pyrrole nitrogens is 1.